The van der Waals surface area contributed by atoms with Gasteiger partial charge in [-0.3, -0.25) is 0 Å². The molecule has 0 aliphatic heterocycles. The molecule has 0 aliphatic rings. The van der Waals surface area contributed by atoms with E-state index >= 15 is 0 Å². The molecule has 0 radical (unpaired) electrons. The van der Waals surface area contributed by atoms with Gasteiger partial charge in [-0.25, -0.2) is 0 Å². The number of nitrogens with two attached hydrogens (primary N) is 1. The quantitative estimate of drug-likeness (QED) is 0.878. The van der Waals surface area contributed by atoms with Crippen molar-refractivity contribution >= 4 is 12.4 Å². The summed E-state index contributed by atoms with van der Waals surface area (Å²) in [6.07, 6.45) is -0.188. The zero-order chi connectivity index (χ0) is 14.6. The lowest BCUT2D eigenvalue weighted by Gasteiger charge is -2.29. The largest absolute Gasteiger partial charge is 0.493 e. The van der Waals surface area contributed by atoms with E-state index in [1.807, 2.05) is 12.1 Å². The van der Waals surface area contributed by atoms with Gasteiger partial charge < -0.3 is 20.3 Å². The number of aliphatic hydroxyl groups excluding tert-OH is 1. The molecule has 1 aromatic carbocycles. The first-order valence-corrected chi connectivity index (χ1v) is 6.45. The molecule has 5 heteroatoms. The number of benzene rings is 1. The zero-order valence-electron chi connectivity index (χ0n) is 12.8. The molecule has 0 bridgehead atoms. The van der Waals surface area contributed by atoms with Crippen LogP contribution in [-0.2, 0) is 0 Å². The van der Waals surface area contributed by atoms with Crippen LogP contribution < -0.4 is 15.2 Å². The maximum absolute atomic E-state index is 10.4. The summed E-state index contributed by atoms with van der Waals surface area (Å²) < 4.78 is 10.6. The molecule has 0 heterocycles. The van der Waals surface area contributed by atoms with Gasteiger partial charge >= 0.3 is 0 Å². The average molecular weight is 304 g/mol. The summed E-state index contributed by atoms with van der Waals surface area (Å²) in [6, 6.07) is 5.38. The standard InChI is InChI=1S/C15H25NO3.ClH/c1-15(2,3)13(16)9-11(17)10-7-6-8-12(18-4)14(10)19-5;/h6-8,11,13,17H,9,16H2,1-5H3;1H/t11-,13-;/m1./s1. The summed E-state index contributed by atoms with van der Waals surface area (Å²) in [5.41, 5.74) is 6.78. The lowest BCUT2D eigenvalue weighted by Crippen LogP contribution is -2.36. The lowest BCUT2D eigenvalue weighted by atomic mass is 9.83. The maximum Gasteiger partial charge on any atom is 0.166 e. The maximum atomic E-state index is 10.4. The Morgan fingerprint density at radius 2 is 1.80 bits per heavy atom. The molecule has 4 nitrogen and oxygen atoms in total. The van der Waals surface area contributed by atoms with Crippen molar-refractivity contribution in [2.75, 3.05) is 14.2 Å². The van der Waals surface area contributed by atoms with Crippen LogP contribution in [0.2, 0.25) is 0 Å². The third-order valence-corrected chi connectivity index (χ3v) is 3.38. The summed E-state index contributed by atoms with van der Waals surface area (Å²) in [4.78, 5) is 0. The summed E-state index contributed by atoms with van der Waals surface area (Å²) in [5.74, 6) is 1.18. The van der Waals surface area contributed by atoms with Crippen LogP contribution in [0.1, 0.15) is 38.9 Å². The van der Waals surface area contributed by atoms with Gasteiger partial charge in [0, 0.05) is 11.6 Å². The van der Waals surface area contributed by atoms with Crippen LogP contribution in [0.25, 0.3) is 0 Å². The molecule has 2 atom stereocenters. The third kappa shape index (κ3) is 4.54. The van der Waals surface area contributed by atoms with E-state index in [1.165, 1.54) is 0 Å². The molecule has 0 unspecified atom stereocenters. The molecule has 3 N–H and O–H groups in total. The molecular weight excluding hydrogens is 278 g/mol. The molecule has 116 valence electrons. The molecule has 0 saturated carbocycles. The van der Waals surface area contributed by atoms with E-state index in [-0.39, 0.29) is 23.9 Å². The third-order valence-electron chi connectivity index (χ3n) is 3.38. The van der Waals surface area contributed by atoms with Gasteiger partial charge in [-0.2, -0.15) is 0 Å². The van der Waals surface area contributed by atoms with Crippen LogP contribution in [0, 0.1) is 5.41 Å². The summed E-state index contributed by atoms with van der Waals surface area (Å²) in [6.45, 7) is 6.19. The fourth-order valence-corrected chi connectivity index (χ4v) is 1.90. The fourth-order valence-electron chi connectivity index (χ4n) is 1.90. The van der Waals surface area contributed by atoms with Crippen LogP contribution in [-0.4, -0.2) is 25.4 Å². The minimum Gasteiger partial charge on any atom is -0.493 e. The molecule has 0 saturated heterocycles. The number of methoxy groups -OCH3 is 2. The van der Waals surface area contributed by atoms with Gasteiger partial charge in [0.15, 0.2) is 11.5 Å². The van der Waals surface area contributed by atoms with E-state index in [0.29, 0.717) is 23.5 Å². The molecule has 1 rings (SSSR count). The van der Waals surface area contributed by atoms with Gasteiger partial charge in [0.2, 0.25) is 0 Å². The Morgan fingerprint density at radius 1 is 1.20 bits per heavy atom. The van der Waals surface area contributed by atoms with Gasteiger partial charge in [-0.15, -0.1) is 12.4 Å². The number of halogens is 1. The Labute approximate surface area is 127 Å². The van der Waals surface area contributed by atoms with Gasteiger partial charge in [0.1, 0.15) is 0 Å². The van der Waals surface area contributed by atoms with Crippen LogP contribution in [0.3, 0.4) is 0 Å². The summed E-state index contributed by atoms with van der Waals surface area (Å²) in [5, 5.41) is 10.4. The second-order valence-corrected chi connectivity index (χ2v) is 5.81. The minimum atomic E-state index is -0.667. The highest BCUT2D eigenvalue weighted by Crippen LogP contribution is 2.37. The van der Waals surface area contributed by atoms with Gasteiger partial charge in [0.05, 0.1) is 20.3 Å². The molecule has 0 spiro atoms. The minimum absolute atomic E-state index is 0. The van der Waals surface area contributed by atoms with Crippen molar-refractivity contribution in [3.05, 3.63) is 23.8 Å². The van der Waals surface area contributed by atoms with Crippen LogP contribution in [0.15, 0.2) is 18.2 Å². The smallest absolute Gasteiger partial charge is 0.166 e. The first-order chi connectivity index (χ1) is 8.81. The number of hydrogen-bond acceptors (Lipinski definition) is 4. The second-order valence-electron chi connectivity index (χ2n) is 5.81. The molecular formula is C15H26ClNO3. The van der Waals surface area contributed by atoms with Crippen molar-refractivity contribution in [3.63, 3.8) is 0 Å². The highest BCUT2D eigenvalue weighted by atomic mass is 35.5. The molecule has 0 fully saturated rings. The monoisotopic (exact) mass is 303 g/mol. The van der Waals surface area contributed by atoms with E-state index in [2.05, 4.69) is 20.8 Å². The molecule has 1 aromatic rings. The van der Waals surface area contributed by atoms with Gasteiger partial charge in [-0.05, 0) is 17.9 Å². The first kappa shape index (κ1) is 19.0. The first-order valence-electron chi connectivity index (χ1n) is 6.45. The Morgan fingerprint density at radius 3 is 2.25 bits per heavy atom. The molecule has 0 amide bonds. The normalized spacial score (nSPS) is 14.2. The van der Waals surface area contributed by atoms with Crippen molar-refractivity contribution in [1.29, 1.82) is 0 Å². The number of aliphatic hydroxyl groups is 1. The topological polar surface area (TPSA) is 64.7 Å². The SMILES string of the molecule is COc1cccc([C@H](O)C[C@@H](N)C(C)(C)C)c1OC.Cl. The van der Waals surface area contributed by atoms with E-state index in [0.717, 1.165) is 0 Å². The number of hydrogen-bond donors (Lipinski definition) is 2. The summed E-state index contributed by atoms with van der Waals surface area (Å²) >= 11 is 0. The Hall–Kier alpha value is -0.970. The van der Waals surface area contributed by atoms with E-state index in [9.17, 15) is 5.11 Å². The van der Waals surface area contributed by atoms with Gasteiger partial charge in [0.25, 0.3) is 0 Å². The predicted octanol–water partition coefficient (Wildman–Crippen LogP) is 2.92. The second kappa shape index (κ2) is 7.72. The van der Waals surface area contributed by atoms with Crippen LogP contribution in [0.4, 0.5) is 0 Å². The van der Waals surface area contributed by atoms with Gasteiger partial charge in [-0.1, -0.05) is 32.9 Å². The number of para-hydroxylation sites is 1. The van der Waals surface area contributed by atoms with Crippen molar-refractivity contribution in [3.8, 4) is 11.5 Å². The zero-order valence-corrected chi connectivity index (χ0v) is 13.7. The highest BCUT2D eigenvalue weighted by molar-refractivity contribution is 5.85. The Balaban J connectivity index is 0.00000361. The number of ether oxygens (including phenoxy) is 2. The predicted molar refractivity (Wildman–Crippen MR) is 83.8 cm³/mol. The van der Waals surface area contributed by atoms with Crippen molar-refractivity contribution in [1.82, 2.24) is 0 Å². The van der Waals surface area contributed by atoms with Crippen molar-refractivity contribution < 1.29 is 14.6 Å². The van der Waals surface area contributed by atoms with Crippen molar-refractivity contribution in [2.45, 2.75) is 39.3 Å². The molecule has 20 heavy (non-hydrogen) atoms. The highest BCUT2D eigenvalue weighted by Gasteiger charge is 2.26. The summed E-state index contributed by atoms with van der Waals surface area (Å²) in [7, 11) is 3.15. The van der Waals surface area contributed by atoms with Crippen LogP contribution in [0.5, 0.6) is 11.5 Å². The number of rotatable bonds is 5. The lowest BCUT2D eigenvalue weighted by molar-refractivity contribution is 0.130. The Kier molecular flexibility index (Phi) is 7.34. The van der Waals surface area contributed by atoms with E-state index in [1.54, 1.807) is 20.3 Å². The van der Waals surface area contributed by atoms with Crippen molar-refractivity contribution in [2.24, 2.45) is 11.1 Å². The average Bonchev–Trinajstić information content (AvgIpc) is 2.36. The fraction of sp³-hybridized carbons (Fsp3) is 0.600. The Bertz CT molecular complexity index is 418. The molecule has 0 aliphatic carbocycles. The molecule has 0 aromatic heterocycles. The van der Waals surface area contributed by atoms with Crippen LogP contribution >= 0.6 is 12.4 Å². The van der Waals surface area contributed by atoms with E-state index in [4.69, 9.17) is 15.2 Å². The van der Waals surface area contributed by atoms with E-state index < -0.39 is 6.10 Å².